The van der Waals surface area contributed by atoms with Crippen molar-refractivity contribution in [3.05, 3.63) is 17.2 Å². The quantitative estimate of drug-likeness (QED) is 0.828. The number of H-pyrrole nitrogens is 1. The van der Waals surface area contributed by atoms with Crippen molar-refractivity contribution in [2.24, 2.45) is 5.92 Å². The molecule has 1 aliphatic rings. The number of fused-ring (bicyclic) bond motifs is 2. The largest absolute Gasteiger partial charge is 0.325 e. The number of nitrogens with zero attached hydrogens (tertiary/aromatic N) is 3. The van der Waals surface area contributed by atoms with Crippen molar-refractivity contribution in [1.82, 2.24) is 19.9 Å². The highest BCUT2D eigenvalue weighted by molar-refractivity contribution is 5.66. The predicted octanol–water partition coefficient (Wildman–Crippen LogP) is 3.07. The van der Waals surface area contributed by atoms with Gasteiger partial charge in [0.25, 0.3) is 0 Å². The highest BCUT2D eigenvalue weighted by atomic mass is 15.1. The van der Waals surface area contributed by atoms with Crippen LogP contribution in [0.2, 0.25) is 0 Å². The van der Waals surface area contributed by atoms with Gasteiger partial charge in [-0.25, -0.2) is 15.0 Å². The van der Waals surface area contributed by atoms with Gasteiger partial charge in [-0.2, -0.15) is 0 Å². The number of aryl methyl sites for hydroxylation is 3. The Balaban J connectivity index is 0.00000133. The molecule has 0 aromatic carbocycles. The molecular formula is C14H22N4. The molecule has 0 amide bonds. The van der Waals surface area contributed by atoms with Crippen molar-refractivity contribution in [3.8, 4) is 0 Å². The van der Waals surface area contributed by atoms with E-state index < -0.39 is 0 Å². The normalized spacial score (nSPS) is 16.8. The van der Waals surface area contributed by atoms with E-state index in [9.17, 15) is 0 Å². The van der Waals surface area contributed by atoms with Crippen LogP contribution in [0.4, 0.5) is 0 Å². The fourth-order valence-corrected chi connectivity index (χ4v) is 2.75. The molecular weight excluding hydrogens is 224 g/mol. The van der Waals surface area contributed by atoms with Crippen molar-refractivity contribution >= 4 is 11.3 Å². The first-order valence-corrected chi connectivity index (χ1v) is 7.04. The van der Waals surface area contributed by atoms with Crippen LogP contribution in [-0.4, -0.2) is 19.9 Å². The molecule has 0 fully saturated rings. The zero-order chi connectivity index (χ0) is 12.5. The Morgan fingerprint density at radius 2 is 1.83 bits per heavy atom. The maximum Gasteiger partial charge on any atom is 0.197 e. The van der Waals surface area contributed by atoms with Crippen molar-refractivity contribution in [2.75, 3.05) is 0 Å². The zero-order valence-electron chi connectivity index (χ0n) is 11.2. The summed E-state index contributed by atoms with van der Waals surface area (Å²) in [7, 11) is 0. The monoisotopic (exact) mass is 246 g/mol. The van der Waals surface area contributed by atoms with E-state index in [-0.39, 0.29) is 1.43 Å². The molecule has 98 valence electrons. The second kappa shape index (κ2) is 4.67. The highest BCUT2D eigenvalue weighted by Crippen LogP contribution is 2.25. The lowest BCUT2D eigenvalue weighted by Gasteiger charge is -2.08. The van der Waals surface area contributed by atoms with E-state index >= 15 is 0 Å². The van der Waals surface area contributed by atoms with Crippen molar-refractivity contribution < 1.29 is 1.43 Å². The lowest BCUT2D eigenvalue weighted by molar-refractivity contribution is 0.449. The number of hydrogen-bond acceptors (Lipinski definition) is 3. The van der Waals surface area contributed by atoms with Crippen molar-refractivity contribution in [1.29, 1.82) is 0 Å². The number of aromatic nitrogens is 4. The molecule has 2 heterocycles. The Morgan fingerprint density at radius 1 is 1.11 bits per heavy atom. The van der Waals surface area contributed by atoms with Gasteiger partial charge in [-0.1, -0.05) is 20.3 Å². The van der Waals surface area contributed by atoms with Gasteiger partial charge in [0.2, 0.25) is 0 Å². The molecule has 1 unspecified atom stereocenters. The third-order valence-electron chi connectivity index (χ3n) is 4.03. The molecule has 4 nitrogen and oxygen atoms in total. The first kappa shape index (κ1) is 11.6. The molecule has 0 bridgehead atoms. The molecule has 1 N–H and O–H groups in total. The van der Waals surface area contributed by atoms with Gasteiger partial charge < -0.3 is 4.98 Å². The van der Waals surface area contributed by atoms with Gasteiger partial charge in [-0.15, -0.1) is 0 Å². The summed E-state index contributed by atoms with van der Waals surface area (Å²) in [4.78, 5) is 17.2. The van der Waals surface area contributed by atoms with Crippen LogP contribution >= 0.6 is 0 Å². The molecule has 18 heavy (non-hydrogen) atoms. The third kappa shape index (κ3) is 2.00. The summed E-state index contributed by atoms with van der Waals surface area (Å²) < 4.78 is 0. The first-order chi connectivity index (χ1) is 8.80. The smallest absolute Gasteiger partial charge is 0.197 e. The third-order valence-corrected chi connectivity index (χ3v) is 4.03. The number of nitrogens with one attached hydrogen (secondary N) is 1. The number of aromatic amines is 1. The van der Waals surface area contributed by atoms with Crippen LogP contribution in [0.5, 0.6) is 0 Å². The Morgan fingerprint density at radius 3 is 2.50 bits per heavy atom. The minimum atomic E-state index is 0. The first-order valence-electron chi connectivity index (χ1n) is 7.04. The summed E-state index contributed by atoms with van der Waals surface area (Å²) in [5.41, 5.74) is 4.01. The summed E-state index contributed by atoms with van der Waals surface area (Å²) in [6, 6.07) is 0. The van der Waals surface area contributed by atoms with E-state index in [0.717, 1.165) is 42.3 Å². The average Bonchev–Trinajstić information content (AvgIpc) is 2.69. The number of rotatable bonds is 2. The molecule has 3 rings (SSSR count). The van der Waals surface area contributed by atoms with Crippen LogP contribution in [0.1, 0.15) is 51.7 Å². The van der Waals surface area contributed by atoms with Gasteiger partial charge in [-0.3, -0.25) is 0 Å². The molecule has 4 heteroatoms. The minimum absolute atomic E-state index is 0. The summed E-state index contributed by atoms with van der Waals surface area (Å²) in [5.74, 6) is 1.81. The van der Waals surface area contributed by atoms with Crippen LogP contribution in [0.25, 0.3) is 11.3 Å². The van der Waals surface area contributed by atoms with Gasteiger partial charge in [0.05, 0.1) is 11.4 Å². The maximum atomic E-state index is 4.73. The summed E-state index contributed by atoms with van der Waals surface area (Å²) >= 11 is 0. The molecule has 0 aliphatic heterocycles. The molecule has 0 saturated heterocycles. The fraction of sp³-hybridized carbons (Fsp3) is 0.643. The van der Waals surface area contributed by atoms with E-state index in [0.29, 0.717) is 0 Å². The van der Waals surface area contributed by atoms with Gasteiger partial charge in [0, 0.05) is 7.85 Å². The van der Waals surface area contributed by atoms with E-state index in [2.05, 4.69) is 23.8 Å². The van der Waals surface area contributed by atoms with Crippen LogP contribution in [-0.2, 0) is 19.3 Å². The minimum Gasteiger partial charge on any atom is -0.325 e. The summed E-state index contributed by atoms with van der Waals surface area (Å²) in [6.45, 7) is 4.37. The van der Waals surface area contributed by atoms with Gasteiger partial charge in [0.15, 0.2) is 11.3 Å². The zero-order valence-corrected chi connectivity index (χ0v) is 11.2. The Hall–Kier alpha value is -1.45. The SMILES string of the molecule is CCc1nc2nc3c(nc2[nH]1)CCC(CC)CC3.[HH]. The van der Waals surface area contributed by atoms with E-state index in [4.69, 9.17) is 9.97 Å². The molecule has 2 aromatic rings. The summed E-state index contributed by atoms with van der Waals surface area (Å²) in [5, 5.41) is 0. The molecule has 0 radical (unpaired) electrons. The van der Waals surface area contributed by atoms with Gasteiger partial charge >= 0.3 is 0 Å². The van der Waals surface area contributed by atoms with Crippen LogP contribution < -0.4 is 0 Å². The molecule has 0 spiro atoms. The van der Waals surface area contributed by atoms with E-state index in [1.54, 1.807) is 0 Å². The Labute approximate surface area is 109 Å². The lowest BCUT2D eigenvalue weighted by atomic mass is 9.97. The Kier molecular flexibility index (Phi) is 3.02. The molecule has 1 atom stereocenters. The lowest BCUT2D eigenvalue weighted by Crippen LogP contribution is -1.99. The van der Waals surface area contributed by atoms with Crippen LogP contribution in [0.15, 0.2) is 0 Å². The van der Waals surface area contributed by atoms with E-state index in [1.807, 2.05) is 0 Å². The molecule has 1 aliphatic carbocycles. The van der Waals surface area contributed by atoms with Crippen LogP contribution in [0.3, 0.4) is 0 Å². The predicted molar refractivity (Wildman–Crippen MR) is 73.6 cm³/mol. The maximum absolute atomic E-state index is 4.73. The molecule has 0 saturated carbocycles. The van der Waals surface area contributed by atoms with Gasteiger partial charge in [0.1, 0.15) is 5.82 Å². The van der Waals surface area contributed by atoms with E-state index in [1.165, 1.54) is 30.7 Å². The van der Waals surface area contributed by atoms with Crippen molar-refractivity contribution in [3.63, 3.8) is 0 Å². The fourth-order valence-electron chi connectivity index (χ4n) is 2.75. The summed E-state index contributed by atoms with van der Waals surface area (Å²) in [6.07, 6.45) is 6.79. The van der Waals surface area contributed by atoms with Crippen LogP contribution in [0, 0.1) is 5.92 Å². The average molecular weight is 246 g/mol. The Bertz CT molecular complexity index is 519. The van der Waals surface area contributed by atoms with Crippen molar-refractivity contribution in [2.45, 2.75) is 52.4 Å². The highest BCUT2D eigenvalue weighted by Gasteiger charge is 2.18. The second-order valence-electron chi connectivity index (χ2n) is 5.18. The molecule has 2 aromatic heterocycles. The number of imidazole rings is 1. The van der Waals surface area contributed by atoms with Gasteiger partial charge in [-0.05, 0) is 31.6 Å². The number of hydrogen-bond donors (Lipinski definition) is 1. The second-order valence-corrected chi connectivity index (χ2v) is 5.18. The topological polar surface area (TPSA) is 54.5 Å². The standard InChI is InChI=1S/C14H20N4.H2/c1-3-9-5-7-10-11(8-6-9)16-14-13(15-10)17-12(4-2)18-14;/h9H,3-8H2,1-2H3,(H,15,16,17,18);1H.